The third-order valence-corrected chi connectivity index (χ3v) is 4.06. The molecule has 0 aromatic rings. The van der Waals surface area contributed by atoms with E-state index in [1.807, 2.05) is 6.92 Å². The summed E-state index contributed by atoms with van der Waals surface area (Å²) >= 11 is 0. The van der Waals surface area contributed by atoms with Crippen molar-refractivity contribution in [3.8, 4) is 0 Å². The lowest BCUT2D eigenvalue weighted by atomic mass is 9.83. The van der Waals surface area contributed by atoms with Gasteiger partial charge in [-0.15, -0.1) is 0 Å². The van der Waals surface area contributed by atoms with Crippen molar-refractivity contribution in [1.82, 2.24) is 4.90 Å². The molecule has 2 unspecified atom stereocenters. The lowest BCUT2D eigenvalue weighted by Crippen LogP contribution is -2.48. The van der Waals surface area contributed by atoms with Gasteiger partial charge in [-0.1, -0.05) is 6.42 Å². The standard InChI is InChI=1S/C11H20N2O3/c1-11(4-2-3-9(11)12)10(16)13-5-7(14)8(15)6-13/h7-9,14-15H,2-6,12H2,1H3/t7-,8+,9?,11?. The first-order chi connectivity index (χ1) is 7.45. The third kappa shape index (κ3) is 1.73. The molecule has 0 spiro atoms. The Balaban J connectivity index is 2.08. The molecule has 2 aliphatic rings. The molecule has 1 aliphatic heterocycles. The molecule has 4 atom stereocenters. The number of carbonyl (C=O) groups excluding carboxylic acids is 1. The number of rotatable bonds is 1. The topological polar surface area (TPSA) is 86.8 Å². The zero-order chi connectivity index (χ0) is 11.9. The van der Waals surface area contributed by atoms with E-state index >= 15 is 0 Å². The lowest BCUT2D eigenvalue weighted by molar-refractivity contribution is -0.141. The molecular formula is C11H20N2O3. The second-order valence-electron chi connectivity index (χ2n) is 5.26. The first kappa shape index (κ1) is 11.8. The van der Waals surface area contributed by atoms with Crippen LogP contribution < -0.4 is 5.73 Å². The quantitative estimate of drug-likeness (QED) is 0.541. The van der Waals surface area contributed by atoms with Gasteiger partial charge in [-0.2, -0.15) is 0 Å². The Morgan fingerprint density at radius 3 is 2.38 bits per heavy atom. The number of hydrogen-bond donors (Lipinski definition) is 3. The van der Waals surface area contributed by atoms with Gasteiger partial charge < -0.3 is 20.8 Å². The highest BCUT2D eigenvalue weighted by Gasteiger charge is 2.47. The number of aliphatic hydroxyl groups is 2. The van der Waals surface area contributed by atoms with E-state index in [9.17, 15) is 15.0 Å². The van der Waals surface area contributed by atoms with Crippen LogP contribution in [0.5, 0.6) is 0 Å². The van der Waals surface area contributed by atoms with Gasteiger partial charge in [-0.05, 0) is 19.8 Å². The molecule has 0 aromatic heterocycles. The van der Waals surface area contributed by atoms with Crippen LogP contribution in [-0.2, 0) is 4.79 Å². The van der Waals surface area contributed by atoms with Crippen LogP contribution in [-0.4, -0.2) is 52.4 Å². The Morgan fingerprint density at radius 2 is 1.94 bits per heavy atom. The van der Waals surface area contributed by atoms with Crippen molar-refractivity contribution < 1.29 is 15.0 Å². The average molecular weight is 228 g/mol. The first-order valence-corrected chi connectivity index (χ1v) is 5.86. The molecule has 1 saturated heterocycles. The van der Waals surface area contributed by atoms with Crippen LogP contribution in [0.25, 0.3) is 0 Å². The first-order valence-electron chi connectivity index (χ1n) is 5.86. The summed E-state index contributed by atoms with van der Waals surface area (Å²) in [4.78, 5) is 13.8. The van der Waals surface area contributed by atoms with Crippen molar-refractivity contribution >= 4 is 5.91 Å². The van der Waals surface area contributed by atoms with E-state index in [1.54, 1.807) is 4.90 Å². The zero-order valence-electron chi connectivity index (χ0n) is 9.59. The molecule has 5 nitrogen and oxygen atoms in total. The number of nitrogens with two attached hydrogens (primary N) is 1. The Morgan fingerprint density at radius 1 is 1.38 bits per heavy atom. The van der Waals surface area contributed by atoms with Gasteiger partial charge in [0.15, 0.2) is 0 Å². The Bertz CT molecular complexity index is 287. The molecule has 92 valence electrons. The highest BCUT2D eigenvalue weighted by atomic mass is 16.3. The van der Waals surface area contributed by atoms with Crippen LogP contribution in [0.15, 0.2) is 0 Å². The summed E-state index contributed by atoms with van der Waals surface area (Å²) in [5.41, 5.74) is 5.47. The molecule has 2 rings (SSSR count). The van der Waals surface area contributed by atoms with Gasteiger partial charge in [0.05, 0.1) is 17.6 Å². The van der Waals surface area contributed by atoms with Gasteiger partial charge in [-0.3, -0.25) is 4.79 Å². The number of nitrogens with zero attached hydrogens (tertiary/aromatic N) is 1. The van der Waals surface area contributed by atoms with Crippen LogP contribution in [0.1, 0.15) is 26.2 Å². The average Bonchev–Trinajstić information content (AvgIpc) is 2.73. The van der Waals surface area contributed by atoms with Crippen molar-refractivity contribution in [3.63, 3.8) is 0 Å². The van der Waals surface area contributed by atoms with E-state index in [4.69, 9.17) is 5.73 Å². The molecule has 0 radical (unpaired) electrons. The second-order valence-corrected chi connectivity index (χ2v) is 5.26. The highest BCUT2D eigenvalue weighted by Crippen LogP contribution is 2.39. The molecule has 0 aromatic carbocycles. The second kappa shape index (κ2) is 3.98. The summed E-state index contributed by atoms with van der Waals surface area (Å²) < 4.78 is 0. The van der Waals surface area contributed by atoms with Gasteiger partial charge in [0.1, 0.15) is 0 Å². The summed E-state index contributed by atoms with van der Waals surface area (Å²) in [5, 5.41) is 18.9. The lowest BCUT2D eigenvalue weighted by Gasteiger charge is -2.32. The fraction of sp³-hybridized carbons (Fsp3) is 0.909. The van der Waals surface area contributed by atoms with Crippen molar-refractivity contribution in [3.05, 3.63) is 0 Å². The van der Waals surface area contributed by atoms with Crippen molar-refractivity contribution in [2.24, 2.45) is 11.1 Å². The maximum atomic E-state index is 12.3. The molecule has 5 heteroatoms. The molecule has 1 heterocycles. The monoisotopic (exact) mass is 228 g/mol. The van der Waals surface area contributed by atoms with Gasteiger partial charge in [0.25, 0.3) is 0 Å². The summed E-state index contributed by atoms with van der Waals surface area (Å²) in [6.07, 6.45) is 1.02. The molecular weight excluding hydrogens is 208 g/mol. The molecule has 2 fully saturated rings. The molecule has 1 saturated carbocycles. The Labute approximate surface area is 95.2 Å². The van der Waals surface area contributed by atoms with Crippen LogP contribution in [0.2, 0.25) is 0 Å². The highest BCUT2D eigenvalue weighted by molar-refractivity contribution is 5.84. The molecule has 4 N–H and O–H groups in total. The number of β-amino-alcohol motifs (C(OH)–C–C–N with tert-alkyl or cyclic N) is 2. The fourth-order valence-electron chi connectivity index (χ4n) is 2.76. The van der Waals surface area contributed by atoms with E-state index in [0.717, 1.165) is 19.3 Å². The minimum atomic E-state index is -0.815. The van der Waals surface area contributed by atoms with Crippen molar-refractivity contribution in [2.75, 3.05) is 13.1 Å². The maximum Gasteiger partial charge on any atom is 0.230 e. The molecule has 0 bridgehead atoms. The van der Waals surface area contributed by atoms with Crippen LogP contribution in [0, 0.1) is 5.41 Å². The Hall–Kier alpha value is -0.650. The van der Waals surface area contributed by atoms with Crippen molar-refractivity contribution in [2.45, 2.75) is 44.4 Å². The van der Waals surface area contributed by atoms with E-state index in [1.165, 1.54) is 0 Å². The summed E-state index contributed by atoms with van der Waals surface area (Å²) in [5.74, 6) is -0.0203. The maximum absolute atomic E-state index is 12.3. The largest absolute Gasteiger partial charge is 0.388 e. The number of amides is 1. The van der Waals surface area contributed by atoms with E-state index < -0.39 is 17.6 Å². The Kier molecular flexibility index (Phi) is 2.94. The van der Waals surface area contributed by atoms with Gasteiger partial charge in [-0.25, -0.2) is 0 Å². The normalized spacial score (nSPS) is 44.0. The fourth-order valence-corrected chi connectivity index (χ4v) is 2.76. The number of hydrogen-bond acceptors (Lipinski definition) is 4. The predicted molar refractivity (Wildman–Crippen MR) is 58.5 cm³/mol. The van der Waals surface area contributed by atoms with Gasteiger partial charge in [0, 0.05) is 19.1 Å². The van der Waals surface area contributed by atoms with Gasteiger partial charge >= 0.3 is 0 Å². The van der Waals surface area contributed by atoms with Gasteiger partial charge in [0.2, 0.25) is 5.91 Å². The van der Waals surface area contributed by atoms with E-state index in [-0.39, 0.29) is 25.0 Å². The number of aliphatic hydroxyl groups excluding tert-OH is 2. The SMILES string of the molecule is CC1(C(=O)N2C[C@@H](O)[C@@H](O)C2)CCCC1N. The molecule has 16 heavy (non-hydrogen) atoms. The summed E-state index contributed by atoms with van der Waals surface area (Å²) in [6.45, 7) is 2.34. The van der Waals surface area contributed by atoms with E-state index in [2.05, 4.69) is 0 Å². The third-order valence-electron chi connectivity index (χ3n) is 4.06. The van der Waals surface area contributed by atoms with Crippen molar-refractivity contribution in [1.29, 1.82) is 0 Å². The minimum absolute atomic E-state index is 0.0203. The van der Waals surface area contributed by atoms with Crippen LogP contribution in [0.4, 0.5) is 0 Å². The van der Waals surface area contributed by atoms with Crippen LogP contribution >= 0.6 is 0 Å². The summed E-state index contributed by atoms with van der Waals surface area (Å²) in [6, 6.07) is -0.102. The molecule has 1 aliphatic carbocycles. The summed E-state index contributed by atoms with van der Waals surface area (Å²) in [7, 11) is 0. The molecule has 1 amide bonds. The number of likely N-dealkylation sites (tertiary alicyclic amines) is 1. The zero-order valence-corrected chi connectivity index (χ0v) is 9.59. The number of carbonyl (C=O) groups is 1. The van der Waals surface area contributed by atoms with Crippen LogP contribution in [0.3, 0.4) is 0 Å². The predicted octanol–water partition coefficient (Wildman–Crippen LogP) is -0.932. The smallest absolute Gasteiger partial charge is 0.230 e. The minimum Gasteiger partial charge on any atom is -0.388 e. The van der Waals surface area contributed by atoms with E-state index in [0.29, 0.717) is 0 Å².